The predicted octanol–water partition coefficient (Wildman–Crippen LogP) is 14.5. The first-order valence-electron chi connectivity index (χ1n) is 24.5. The molecule has 0 bridgehead atoms. The Morgan fingerprint density at radius 1 is 0.600 bits per heavy atom. The monoisotopic (exact) mass is 836 g/mol. The van der Waals surface area contributed by atoms with Crippen molar-refractivity contribution in [2.24, 2.45) is 23.7 Å². The molecule has 0 aromatic heterocycles. The Bertz CT molecular complexity index is 3270. The van der Waals surface area contributed by atoms with E-state index in [2.05, 4.69) is 202 Å². The van der Waals surface area contributed by atoms with Gasteiger partial charge in [-0.2, -0.15) is 0 Å². The fourth-order valence-electron chi connectivity index (χ4n) is 13.6. The molecular weight excluding hydrogens is 781 g/mol. The van der Waals surface area contributed by atoms with Gasteiger partial charge in [-0.1, -0.05) is 202 Å². The minimum absolute atomic E-state index is 0.0394. The van der Waals surface area contributed by atoms with E-state index in [0.29, 0.717) is 17.8 Å². The smallest absolute Gasteiger partial charge is 0.0161 e. The molecule has 0 nitrogen and oxygen atoms in total. The lowest BCUT2D eigenvalue weighted by molar-refractivity contribution is 0.563. The zero-order valence-corrected chi connectivity index (χ0v) is 37.7. The molecule has 5 unspecified atom stereocenters. The molecule has 0 fully saturated rings. The van der Waals surface area contributed by atoms with Gasteiger partial charge in [-0.05, 0) is 156 Å². The number of hydrogen-bond acceptors (Lipinski definition) is 0. The van der Waals surface area contributed by atoms with Crippen molar-refractivity contribution in [3.05, 3.63) is 265 Å². The molecule has 0 N–H and O–H groups in total. The van der Waals surface area contributed by atoms with E-state index >= 15 is 0 Å². The van der Waals surface area contributed by atoms with Gasteiger partial charge < -0.3 is 0 Å². The zero-order valence-electron chi connectivity index (χ0n) is 37.7. The van der Waals surface area contributed by atoms with Crippen LogP contribution in [0.3, 0.4) is 0 Å². The summed E-state index contributed by atoms with van der Waals surface area (Å²) in [4.78, 5) is 0. The van der Waals surface area contributed by atoms with Crippen molar-refractivity contribution in [2.75, 3.05) is 0 Å². The van der Waals surface area contributed by atoms with Crippen molar-refractivity contribution < 1.29 is 0 Å². The van der Waals surface area contributed by atoms with Gasteiger partial charge in [0.1, 0.15) is 0 Å². The van der Waals surface area contributed by atoms with Crippen LogP contribution in [0.15, 0.2) is 227 Å². The maximum absolute atomic E-state index is 2.54. The number of benzene rings is 4. The van der Waals surface area contributed by atoms with Crippen molar-refractivity contribution in [3.8, 4) is 11.1 Å². The van der Waals surface area contributed by atoms with E-state index in [0.717, 1.165) is 32.1 Å². The Hall–Kier alpha value is -6.50. The van der Waals surface area contributed by atoms with Crippen LogP contribution in [-0.4, -0.2) is 0 Å². The van der Waals surface area contributed by atoms with Crippen LogP contribution in [0, 0.1) is 23.7 Å². The lowest BCUT2D eigenvalue weighted by Gasteiger charge is -2.40. The average molecular weight is 837 g/mol. The van der Waals surface area contributed by atoms with Gasteiger partial charge in [0.05, 0.1) is 0 Å². The quantitative estimate of drug-likeness (QED) is 0.188. The SMILES string of the molecule is CC1(C)c2ccccc2-c2ccc(C3=c4ccccc4=C(C4=CC=C(C5c6ccccc6C(C6=C(C7=CCC8CCC=CC8=C7)C=CCC6)=C6C=CC=CC65)CC4)C4C=CC=CC34)cc21. The van der Waals surface area contributed by atoms with Crippen LogP contribution >= 0.6 is 0 Å². The van der Waals surface area contributed by atoms with E-state index in [4.69, 9.17) is 0 Å². The van der Waals surface area contributed by atoms with E-state index in [9.17, 15) is 0 Å². The highest BCUT2D eigenvalue weighted by Crippen LogP contribution is 2.55. The van der Waals surface area contributed by atoms with Crippen molar-refractivity contribution in [1.29, 1.82) is 0 Å². The van der Waals surface area contributed by atoms with Crippen LogP contribution in [0.4, 0.5) is 0 Å². The Morgan fingerprint density at radius 2 is 1.34 bits per heavy atom. The van der Waals surface area contributed by atoms with Gasteiger partial charge in [-0.15, -0.1) is 0 Å². The molecule has 0 saturated carbocycles. The normalized spacial score (nSPS) is 26.3. The van der Waals surface area contributed by atoms with Crippen LogP contribution in [0.5, 0.6) is 0 Å². The molecule has 0 saturated heterocycles. The molecule has 0 heteroatoms. The number of hydrogen-bond donors (Lipinski definition) is 0. The standard InChI is InChI=1S/C65H56/c1-65(2)59-30-16-15-20-48(59)49-38-37-46(40-60(49)65)63-53-24-9-7-22-51(53)61(52-23-8-10-25-54(52)63)42-32-34-43(35-33-42)62-55-26-11-13-28-57(55)64(58-29-14-12-27-56(58)62)50-21-6-5-19-47(50)45-36-31-41-17-3-4-18-44(41)39-45/h4-5,7-16,18-20,22-30,32,34,36-41,51,53,55,62H,3,6,17,21,31,33,35H2,1-2H3. The van der Waals surface area contributed by atoms with E-state index in [1.165, 1.54) is 112 Å². The molecule has 4 aromatic rings. The summed E-state index contributed by atoms with van der Waals surface area (Å²) in [6.07, 6.45) is 46.8. The molecule has 5 atom stereocenters. The topological polar surface area (TPSA) is 0 Å². The third kappa shape index (κ3) is 6.09. The van der Waals surface area contributed by atoms with E-state index in [1.54, 1.807) is 5.57 Å². The fourth-order valence-corrected chi connectivity index (χ4v) is 13.6. The molecule has 13 rings (SSSR count). The van der Waals surface area contributed by atoms with Crippen molar-refractivity contribution in [2.45, 2.75) is 70.1 Å². The third-order valence-electron chi connectivity index (χ3n) is 16.6. The lowest BCUT2D eigenvalue weighted by Crippen LogP contribution is -2.40. The van der Waals surface area contributed by atoms with Gasteiger partial charge in [0.15, 0.2) is 0 Å². The summed E-state index contributed by atoms with van der Waals surface area (Å²) in [5.41, 5.74) is 24.8. The molecule has 65 heavy (non-hydrogen) atoms. The number of fused-ring (bicyclic) bond motifs is 8. The van der Waals surface area contributed by atoms with Gasteiger partial charge in [-0.3, -0.25) is 0 Å². The highest BCUT2D eigenvalue weighted by molar-refractivity contribution is 5.91. The van der Waals surface area contributed by atoms with Gasteiger partial charge in [0.25, 0.3) is 0 Å². The van der Waals surface area contributed by atoms with E-state index in [-0.39, 0.29) is 17.3 Å². The fraction of sp³-hybridized carbons (Fsp3) is 0.231. The largest absolute Gasteiger partial charge is 0.0842 e. The van der Waals surface area contributed by atoms with Crippen LogP contribution in [-0.2, 0) is 5.41 Å². The van der Waals surface area contributed by atoms with Gasteiger partial charge in [0, 0.05) is 29.1 Å². The Kier molecular flexibility index (Phi) is 9.17. The Balaban J connectivity index is 0.920. The first kappa shape index (κ1) is 38.9. The Morgan fingerprint density at radius 3 is 2.20 bits per heavy atom. The summed E-state index contributed by atoms with van der Waals surface area (Å²) in [6, 6.07) is 35.1. The van der Waals surface area contributed by atoms with Gasteiger partial charge >= 0.3 is 0 Å². The first-order valence-corrected chi connectivity index (χ1v) is 24.5. The second kappa shape index (κ2) is 15.3. The summed E-state index contributed by atoms with van der Waals surface area (Å²) in [7, 11) is 0. The lowest BCUT2D eigenvalue weighted by atomic mass is 9.63. The van der Waals surface area contributed by atoms with Crippen molar-refractivity contribution in [3.63, 3.8) is 0 Å². The second-order valence-corrected chi connectivity index (χ2v) is 20.3. The summed E-state index contributed by atoms with van der Waals surface area (Å²) >= 11 is 0. The minimum Gasteiger partial charge on any atom is -0.0842 e. The highest BCUT2D eigenvalue weighted by Gasteiger charge is 2.40. The molecule has 9 aliphatic rings. The van der Waals surface area contributed by atoms with Crippen LogP contribution in [0.25, 0.3) is 27.8 Å². The average Bonchev–Trinajstić information content (AvgIpc) is 3.59. The molecule has 0 spiro atoms. The van der Waals surface area contributed by atoms with Crippen molar-refractivity contribution >= 4 is 16.7 Å². The molecule has 0 radical (unpaired) electrons. The summed E-state index contributed by atoms with van der Waals surface area (Å²) in [5.74, 6) is 1.84. The highest BCUT2D eigenvalue weighted by atomic mass is 14.4. The molecule has 0 heterocycles. The summed E-state index contributed by atoms with van der Waals surface area (Å²) < 4.78 is 0. The second-order valence-electron chi connectivity index (χ2n) is 20.3. The molecule has 316 valence electrons. The first-order chi connectivity index (χ1) is 32.0. The van der Waals surface area contributed by atoms with Gasteiger partial charge in [0.2, 0.25) is 0 Å². The molecule has 0 amide bonds. The number of rotatable bonds is 5. The van der Waals surface area contributed by atoms with E-state index in [1.807, 2.05) is 0 Å². The van der Waals surface area contributed by atoms with Crippen molar-refractivity contribution in [1.82, 2.24) is 0 Å². The maximum atomic E-state index is 2.54. The number of allylic oxidation sites excluding steroid dienone is 24. The minimum atomic E-state index is -0.0394. The molecule has 0 aliphatic heterocycles. The zero-order chi connectivity index (χ0) is 43.2. The maximum Gasteiger partial charge on any atom is 0.0161 e. The molecule has 4 aromatic carbocycles. The van der Waals surface area contributed by atoms with Gasteiger partial charge in [-0.25, -0.2) is 0 Å². The Labute approximate surface area is 385 Å². The molecular formula is C65H56. The summed E-state index contributed by atoms with van der Waals surface area (Å²) in [5, 5.41) is 2.79. The van der Waals surface area contributed by atoms with Crippen LogP contribution < -0.4 is 10.4 Å². The predicted molar refractivity (Wildman–Crippen MR) is 272 cm³/mol. The summed E-state index contributed by atoms with van der Waals surface area (Å²) in [6.45, 7) is 4.80. The van der Waals surface area contributed by atoms with E-state index < -0.39 is 0 Å². The van der Waals surface area contributed by atoms with Crippen LogP contribution in [0.2, 0.25) is 0 Å². The third-order valence-corrected chi connectivity index (χ3v) is 16.6. The molecule has 9 aliphatic carbocycles. The van der Waals surface area contributed by atoms with Crippen LogP contribution in [0.1, 0.15) is 92.5 Å².